The van der Waals surface area contributed by atoms with E-state index in [0.717, 1.165) is 5.92 Å². The summed E-state index contributed by atoms with van der Waals surface area (Å²) >= 11 is 0. The van der Waals surface area contributed by atoms with Gasteiger partial charge < -0.3 is 0 Å². The first-order valence-electron chi connectivity index (χ1n) is 9.04. The molecule has 0 saturated heterocycles. The van der Waals surface area contributed by atoms with Gasteiger partial charge in [-0.3, -0.25) is 0 Å². The van der Waals surface area contributed by atoms with Gasteiger partial charge in [-0.2, -0.15) is 0 Å². The van der Waals surface area contributed by atoms with Crippen LogP contribution >= 0.6 is 8.20 Å². The maximum atomic E-state index is 2.54. The summed E-state index contributed by atoms with van der Waals surface area (Å²) in [7, 11) is 1.42. The molecule has 0 aliphatic heterocycles. The van der Waals surface area contributed by atoms with Gasteiger partial charge in [-0.15, -0.1) is 0 Å². The fourth-order valence-electron chi connectivity index (χ4n) is 2.78. The molecular formula is C22H35P. The molecular weight excluding hydrogens is 295 g/mol. The van der Waals surface area contributed by atoms with Gasteiger partial charge in [-0.25, -0.2) is 0 Å². The molecule has 0 heterocycles. The van der Waals surface area contributed by atoms with Crippen molar-refractivity contribution >= 4 is 19.3 Å². The van der Waals surface area contributed by atoms with E-state index in [9.17, 15) is 0 Å². The van der Waals surface area contributed by atoms with Gasteiger partial charge in [0.25, 0.3) is 0 Å². The lowest BCUT2D eigenvalue weighted by molar-refractivity contribution is 0.554. The molecule has 23 heavy (non-hydrogen) atoms. The minimum absolute atomic E-state index is 0.182. The Kier molecular flexibility index (Phi) is 4.91. The van der Waals surface area contributed by atoms with Crippen LogP contribution in [0, 0.1) is 5.92 Å². The summed E-state index contributed by atoms with van der Waals surface area (Å²) in [5.74, 6) is 3.40. The van der Waals surface area contributed by atoms with Crippen LogP contribution in [0.2, 0.25) is 0 Å². The van der Waals surface area contributed by atoms with Crippen molar-refractivity contribution in [1.82, 2.24) is 0 Å². The summed E-state index contributed by atoms with van der Waals surface area (Å²) in [5.41, 5.74) is 5.09. The summed E-state index contributed by atoms with van der Waals surface area (Å²) in [4.78, 5) is 0. The molecule has 0 aromatic heterocycles. The highest BCUT2D eigenvalue weighted by Crippen LogP contribution is 2.36. The molecule has 1 aromatic carbocycles. The zero-order valence-electron chi connectivity index (χ0n) is 16.7. The zero-order chi connectivity index (χ0) is 17.6. The van der Waals surface area contributed by atoms with Crippen LogP contribution in [0.4, 0.5) is 0 Å². The Morgan fingerprint density at radius 2 is 1.22 bits per heavy atom. The smallest absolute Gasteiger partial charge is 0.00897 e. The molecule has 1 aliphatic rings. The quantitative estimate of drug-likeness (QED) is 0.553. The highest BCUT2D eigenvalue weighted by molar-refractivity contribution is 7.47. The Hall–Kier alpha value is -0.610. The van der Waals surface area contributed by atoms with Gasteiger partial charge in [-0.05, 0) is 51.7 Å². The number of hydrogen-bond acceptors (Lipinski definition) is 0. The van der Waals surface area contributed by atoms with E-state index in [1.807, 2.05) is 0 Å². The van der Waals surface area contributed by atoms with E-state index in [2.05, 4.69) is 80.2 Å². The van der Waals surface area contributed by atoms with E-state index in [4.69, 9.17) is 0 Å². The fourth-order valence-corrected chi connectivity index (χ4v) is 4.51. The second-order valence-corrected chi connectivity index (χ2v) is 11.3. The SMILES string of the molecule is CC(C)(C)c1cc(C(C)(C)C)c(P=CC2CC2)c(C(C)(C)C)c1. The molecule has 2 rings (SSSR count). The average Bonchev–Trinajstić information content (AvgIpc) is 3.15. The van der Waals surface area contributed by atoms with Crippen LogP contribution in [0.15, 0.2) is 12.1 Å². The lowest BCUT2D eigenvalue weighted by Crippen LogP contribution is -2.29. The predicted molar refractivity (Wildman–Crippen MR) is 108 cm³/mol. The lowest BCUT2D eigenvalue weighted by Gasteiger charge is -2.32. The molecule has 0 N–H and O–H groups in total. The maximum Gasteiger partial charge on any atom is 0.00897 e. The molecule has 1 saturated carbocycles. The van der Waals surface area contributed by atoms with E-state index in [-0.39, 0.29) is 16.2 Å². The Bertz CT molecular complexity index is 561. The third kappa shape index (κ3) is 4.69. The Labute approximate surface area is 145 Å². The molecule has 0 radical (unpaired) electrons. The van der Waals surface area contributed by atoms with Crippen molar-refractivity contribution in [3.8, 4) is 0 Å². The normalized spacial score (nSPS) is 17.1. The summed E-state index contributed by atoms with van der Waals surface area (Å²) < 4.78 is 0. The predicted octanol–water partition coefficient (Wildman–Crippen LogP) is 6.36. The molecule has 1 aliphatic carbocycles. The standard InChI is InChI=1S/C22H35P/c1-20(2,3)16-12-17(21(4,5)6)19(23-14-15-10-11-15)18(13-16)22(7,8)9/h12-15H,10-11H2,1-9H3. The van der Waals surface area contributed by atoms with Crippen molar-refractivity contribution in [1.29, 1.82) is 0 Å². The molecule has 1 heteroatoms. The van der Waals surface area contributed by atoms with Crippen LogP contribution in [0.3, 0.4) is 0 Å². The van der Waals surface area contributed by atoms with Crippen LogP contribution in [-0.4, -0.2) is 5.80 Å². The van der Waals surface area contributed by atoms with Crippen LogP contribution in [0.1, 0.15) is 91.8 Å². The third-order valence-corrected chi connectivity index (χ3v) is 5.94. The van der Waals surface area contributed by atoms with Gasteiger partial charge in [0.2, 0.25) is 0 Å². The van der Waals surface area contributed by atoms with Gasteiger partial charge in [0.05, 0.1) is 0 Å². The Balaban J connectivity index is 2.73. The minimum Gasteiger partial charge on any atom is -0.0719 e. The molecule has 1 aromatic rings. The first-order chi connectivity index (χ1) is 10.3. The average molecular weight is 330 g/mol. The number of hydrogen-bond donors (Lipinski definition) is 0. The number of rotatable bonds is 2. The van der Waals surface area contributed by atoms with Gasteiger partial charge in [0, 0.05) is 5.30 Å². The first kappa shape index (κ1) is 18.7. The second-order valence-electron chi connectivity index (χ2n) is 10.3. The lowest BCUT2D eigenvalue weighted by atomic mass is 9.75. The van der Waals surface area contributed by atoms with Gasteiger partial charge in [-0.1, -0.05) is 88.4 Å². The third-order valence-electron chi connectivity index (χ3n) is 4.63. The fraction of sp³-hybridized carbons (Fsp3) is 0.682. The van der Waals surface area contributed by atoms with Crippen LogP contribution in [0.5, 0.6) is 0 Å². The van der Waals surface area contributed by atoms with Crippen molar-refractivity contribution in [3.63, 3.8) is 0 Å². The summed E-state index contributed by atoms with van der Waals surface area (Å²) in [6, 6.07) is 4.97. The molecule has 0 unspecified atom stereocenters. The summed E-state index contributed by atoms with van der Waals surface area (Å²) in [6.45, 7) is 21.1. The van der Waals surface area contributed by atoms with E-state index in [1.54, 1.807) is 5.30 Å². The topological polar surface area (TPSA) is 0 Å². The molecule has 0 bridgehead atoms. The summed E-state index contributed by atoms with van der Waals surface area (Å²) in [5, 5.41) is 1.56. The molecule has 128 valence electrons. The highest BCUT2D eigenvalue weighted by Gasteiger charge is 2.28. The van der Waals surface area contributed by atoms with E-state index >= 15 is 0 Å². The largest absolute Gasteiger partial charge is 0.0719 e. The molecule has 0 spiro atoms. The first-order valence-corrected chi connectivity index (χ1v) is 10.00. The molecule has 0 atom stereocenters. The van der Waals surface area contributed by atoms with Crippen LogP contribution < -0.4 is 5.30 Å². The Morgan fingerprint density at radius 1 is 0.783 bits per heavy atom. The molecule has 0 amide bonds. The van der Waals surface area contributed by atoms with E-state index in [1.165, 1.54) is 37.7 Å². The van der Waals surface area contributed by atoms with Crippen molar-refractivity contribution in [2.45, 2.75) is 91.4 Å². The van der Waals surface area contributed by atoms with Crippen LogP contribution in [-0.2, 0) is 16.2 Å². The van der Waals surface area contributed by atoms with Crippen LogP contribution in [0.25, 0.3) is 0 Å². The van der Waals surface area contributed by atoms with E-state index < -0.39 is 0 Å². The van der Waals surface area contributed by atoms with Gasteiger partial charge in [0.15, 0.2) is 0 Å². The van der Waals surface area contributed by atoms with Gasteiger partial charge in [0.1, 0.15) is 0 Å². The van der Waals surface area contributed by atoms with Crippen molar-refractivity contribution in [2.24, 2.45) is 5.92 Å². The molecule has 1 fully saturated rings. The minimum atomic E-state index is 0.182. The summed E-state index contributed by atoms with van der Waals surface area (Å²) in [6.07, 6.45) is 2.78. The van der Waals surface area contributed by atoms with Crippen molar-refractivity contribution in [3.05, 3.63) is 28.8 Å². The second kappa shape index (κ2) is 6.03. The highest BCUT2D eigenvalue weighted by atomic mass is 31.1. The van der Waals surface area contributed by atoms with Gasteiger partial charge >= 0.3 is 0 Å². The monoisotopic (exact) mass is 330 g/mol. The Morgan fingerprint density at radius 3 is 1.52 bits per heavy atom. The maximum absolute atomic E-state index is 2.54. The number of benzene rings is 1. The molecule has 0 nitrogen and oxygen atoms in total. The van der Waals surface area contributed by atoms with Crippen molar-refractivity contribution in [2.75, 3.05) is 0 Å². The van der Waals surface area contributed by atoms with E-state index in [0.29, 0.717) is 0 Å². The zero-order valence-corrected chi connectivity index (χ0v) is 17.6. The van der Waals surface area contributed by atoms with Crippen molar-refractivity contribution < 1.29 is 0 Å².